The average molecular weight is 455 g/mol. The van der Waals surface area contributed by atoms with Crippen LogP contribution < -0.4 is 5.48 Å². The molecule has 32 heavy (non-hydrogen) atoms. The molecule has 4 nitrogen and oxygen atoms in total. The molecule has 0 radical (unpaired) electrons. The highest BCUT2D eigenvalue weighted by Gasteiger charge is 2.13. The van der Waals surface area contributed by atoms with Crippen molar-refractivity contribution in [2.75, 3.05) is 25.4 Å². The van der Waals surface area contributed by atoms with Crippen LogP contribution >= 0.6 is 11.8 Å². The van der Waals surface area contributed by atoms with E-state index >= 15 is 0 Å². The smallest absolute Gasteiger partial charge is 0.281 e. The summed E-state index contributed by atoms with van der Waals surface area (Å²) >= 11 is 1.39. The Bertz CT molecular complexity index is 829. The topological polar surface area (TPSA) is 52.6 Å². The molecule has 5 heteroatoms. The first-order valence-electron chi connectivity index (χ1n) is 11.1. The van der Waals surface area contributed by atoms with Crippen LogP contribution in [0, 0.1) is 0 Å². The zero-order chi connectivity index (χ0) is 23.8. The minimum absolute atomic E-state index is 0.435. The Hall–Kier alpha value is -2.34. The number of hydrogen-bond acceptors (Lipinski definition) is 4. The second kappa shape index (κ2) is 16.3. The van der Waals surface area contributed by atoms with E-state index in [2.05, 4.69) is 56.2 Å². The van der Waals surface area contributed by atoms with Crippen LogP contribution in [0.5, 0.6) is 0 Å². The van der Waals surface area contributed by atoms with Crippen LogP contribution in [0.1, 0.15) is 40.0 Å². The lowest BCUT2D eigenvalue weighted by atomic mass is 10.0. The average Bonchev–Trinajstić information content (AvgIpc) is 2.95. The Kier molecular flexibility index (Phi) is 14.1. The van der Waals surface area contributed by atoms with Gasteiger partial charge in [-0.3, -0.25) is 14.9 Å². The highest BCUT2D eigenvalue weighted by Crippen LogP contribution is 2.25. The van der Waals surface area contributed by atoms with Crippen LogP contribution in [0.25, 0.3) is 0 Å². The van der Waals surface area contributed by atoms with Crippen molar-refractivity contribution in [3.63, 3.8) is 0 Å². The molecule has 0 unspecified atom stereocenters. The third kappa shape index (κ3) is 10.8. The maximum absolute atomic E-state index is 11.8. The van der Waals surface area contributed by atoms with Crippen molar-refractivity contribution >= 4 is 17.7 Å². The quantitative estimate of drug-likeness (QED) is 0.140. The minimum atomic E-state index is -0.513. The lowest BCUT2D eigenvalue weighted by molar-refractivity contribution is -0.124. The van der Waals surface area contributed by atoms with Crippen LogP contribution in [0.4, 0.5) is 0 Å². The van der Waals surface area contributed by atoms with Gasteiger partial charge in [0.1, 0.15) is 0 Å². The number of nitrogens with one attached hydrogen (secondary N) is 1. The summed E-state index contributed by atoms with van der Waals surface area (Å²) in [6.45, 7) is 17.1. The Balaban J connectivity index is 2.86. The summed E-state index contributed by atoms with van der Waals surface area (Å²) in [5.74, 6) is 0.137. The molecule has 1 amide bonds. The third-order valence-electron chi connectivity index (χ3n) is 4.98. The number of rotatable bonds is 14. The summed E-state index contributed by atoms with van der Waals surface area (Å²) < 4.78 is 0. The lowest BCUT2D eigenvalue weighted by Gasteiger charge is -2.24. The summed E-state index contributed by atoms with van der Waals surface area (Å²) in [5.41, 5.74) is 6.61. The lowest BCUT2D eigenvalue weighted by Crippen LogP contribution is -2.28. The molecule has 1 aliphatic carbocycles. The van der Waals surface area contributed by atoms with Gasteiger partial charge in [-0.15, -0.1) is 11.8 Å². The number of amides is 1. The van der Waals surface area contributed by atoms with Crippen LogP contribution in [-0.4, -0.2) is 41.4 Å². The second-order valence-electron chi connectivity index (χ2n) is 7.64. The van der Waals surface area contributed by atoms with E-state index < -0.39 is 5.91 Å². The molecule has 0 saturated heterocycles. The molecule has 0 aliphatic heterocycles. The molecular formula is C27H38N2O2S. The van der Waals surface area contributed by atoms with Gasteiger partial charge >= 0.3 is 0 Å². The molecule has 2 N–H and O–H groups in total. The maximum atomic E-state index is 11.8. The molecule has 1 aliphatic rings. The van der Waals surface area contributed by atoms with Gasteiger partial charge in [0.15, 0.2) is 0 Å². The normalized spacial score (nSPS) is 14.9. The highest BCUT2D eigenvalue weighted by atomic mass is 32.2. The van der Waals surface area contributed by atoms with Gasteiger partial charge in [-0.05, 0) is 56.9 Å². The fourth-order valence-electron chi connectivity index (χ4n) is 3.21. The van der Waals surface area contributed by atoms with E-state index in [1.54, 1.807) is 17.6 Å². The predicted molar refractivity (Wildman–Crippen MR) is 140 cm³/mol. The molecule has 0 bridgehead atoms. The second-order valence-corrected chi connectivity index (χ2v) is 8.65. The Morgan fingerprint density at radius 1 is 1.31 bits per heavy atom. The summed E-state index contributed by atoms with van der Waals surface area (Å²) in [4.78, 5) is 14.7. The number of thioether (sulfide) groups is 1. The molecule has 0 saturated carbocycles. The predicted octanol–water partition coefficient (Wildman–Crippen LogP) is 6.29. The van der Waals surface area contributed by atoms with Crippen molar-refractivity contribution in [1.82, 2.24) is 10.4 Å². The van der Waals surface area contributed by atoms with Crippen LogP contribution in [0.2, 0.25) is 0 Å². The summed E-state index contributed by atoms with van der Waals surface area (Å²) in [6.07, 6.45) is 20.9. The molecule has 0 aromatic carbocycles. The van der Waals surface area contributed by atoms with Crippen molar-refractivity contribution in [3.8, 4) is 0 Å². The zero-order valence-corrected chi connectivity index (χ0v) is 20.6. The van der Waals surface area contributed by atoms with Gasteiger partial charge in [0.2, 0.25) is 0 Å². The van der Waals surface area contributed by atoms with E-state index in [9.17, 15) is 4.79 Å². The van der Waals surface area contributed by atoms with E-state index in [0.717, 1.165) is 44.5 Å². The standard InChI is InChI=1S/C27H38N2O2S/c1-6-9-10-13-22(4)16-18-29(17-8-3)20-25-19-24(15-11-14-23(25)5)21-32-26(12-7-2)27(30)28-31/h6-7,9-10,12-15,19,31H,2,4,8,11,16-18,20-21H2,1,3,5H3,(H,28,30)/b9-6-,13-10-,26-12-. The number of allylic oxidation sites excluding steroid dienone is 9. The Morgan fingerprint density at radius 2 is 2.09 bits per heavy atom. The first kappa shape index (κ1) is 27.7. The highest BCUT2D eigenvalue weighted by molar-refractivity contribution is 8.04. The molecule has 0 fully saturated rings. The molecule has 0 heterocycles. The van der Waals surface area contributed by atoms with E-state index in [0.29, 0.717) is 10.7 Å². The van der Waals surface area contributed by atoms with Gasteiger partial charge in [-0.1, -0.05) is 79.8 Å². The van der Waals surface area contributed by atoms with Gasteiger partial charge < -0.3 is 0 Å². The fraction of sp³-hybridized carbons (Fsp3) is 0.370. The number of carbonyl (C=O) groups is 1. The van der Waals surface area contributed by atoms with Gasteiger partial charge in [-0.25, -0.2) is 5.48 Å². The van der Waals surface area contributed by atoms with E-state index in [1.165, 1.54) is 28.5 Å². The largest absolute Gasteiger partial charge is 0.299 e. The molecule has 0 spiro atoms. The van der Waals surface area contributed by atoms with Crippen LogP contribution in [0.3, 0.4) is 0 Å². The summed E-state index contributed by atoms with van der Waals surface area (Å²) in [7, 11) is 0. The zero-order valence-electron chi connectivity index (χ0n) is 19.8. The van der Waals surface area contributed by atoms with Gasteiger partial charge in [0.05, 0.1) is 4.91 Å². The molecule has 0 atom stereocenters. The maximum Gasteiger partial charge on any atom is 0.281 e. The summed E-state index contributed by atoms with van der Waals surface area (Å²) in [5, 5.41) is 8.95. The van der Waals surface area contributed by atoms with Crippen molar-refractivity contribution in [3.05, 3.63) is 95.0 Å². The fourth-order valence-corrected chi connectivity index (χ4v) is 4.11. The monoisotopic (exact) mass is 454 g/mol. The third-order valence-corrected chi connectivity index (χ3v) is 6.09. The molecule has 0 aromatic rings. The van der Waals surface area contributed by atoms with Gasteiger partial charge in [0, 0.05) is 18.8 Å². The van der Waals surface area contributed by atoms with Crippen molar-refractivity contribution in [2.24, 2.45) is 0 Å². The number of carbonyl (C=O) groups excluding carboxylic acids is 1. The minimum Gasteiger partial charge on any atom is -0.299 e. The van der Waals surface area contributed by atoms with Crippen molar-refractivity contribution < 1.29 is 10.0 Å². The molecule has 0 aromatic heterocycles. The van der Waals surface area contributed by atoms with Gasteiger partial charge in [-0.2, -0.15) is 0 Å². The van der Waals surface area contributed by atoms with Crippen molar-refractivity contribution in [2.45, 2.75) is 40.0 Å². The Morgan fingerprint density at radius 3 is 2.75 bits per heavy atom. The molecule has 1 rings (SSSR count). The van der Waals surface area contributed by atoms with E-state index in [1.807, 2.05) is 25.2 Å². The van der Waals surface area contributed by atoms with Crippen molar-refractivity contribution in [1.29, 1.82) is 0 Å². The van der Waals surface area contributed by atoms with Gasteiger partial charge in [0.25, 0.3) is 5.91 Å². The molecule has 174 valence electrons. The number of hydroxylamine groups is 1. The van der Waals surface area contributed by atoms with Crippen LogP contribution in [-0.2, 0) is 4.79 Å². The molecular weight excluding hydrogens is 416 g/mol. The Labute approximate surface area is 198 Å². The first-order chi connectivity index (χ1) is 15.4. The van der Waals surface area contributed by atoms with Crippen LogP contribution in [0.15, 0.2) is 95.0 Å². The van der Waals surface area contributed by atoms with E-state index in [4.69, 9.17) is 5.21 Å². The number of nitrogens with zero attached hydrogens (tertiary/aromatic N) is 1. The van der Waals surface area contributed by atoms with E-state index in [-0.39, 0.29) is 0 Å². The SMILES string of the molecule is C=C/C=C(\SCC1=CCC=C(C)C(CN(CCC)CCC(=C)/C=C\C=C/C)=C1)C(=O)NO. The number of hydrogen-bond donors (Lipinski definition) is 2. The first-order valence-corrected chi connectivity index (χ1v) is 12.1. The summed E-state index contributed by atoms with van der Waals surface area (Å²) in [6, 6.07) is 0.